The second kappa shape index (κ2) is 12.5. The first-order valence-electron chi connectivity index (χ1n) is 12.6. The molecule has 0 bridgehead atoms. The summed E-state index contributed by atoms with van der Waals surface area (Å²) in [6.45, 7) is 9.95. The minimum Gasteiger partial charge on any atom is -0.483 e. The number of rotatable bonds is 10. The van der Waals surface area contributed by atoms with Gasteiger partial charge in [-0.1, -0.05) is 81.4 Å². The van der Waals surface area contributed by atoms with E-state index in [9.17, 15) is 14.0 Å². The predicted molar refractivity (Wildman–Crippen MR) is 145 cm³/mol. The molecule has 1 N–H and O–H groups in total. The molecule has 2 amide bonds. The molecule has 0 aromatic heterocycles. The van der Waals surface area contributed by atoms with E-state index in [4.69, 9.17) is 4.74 Å². The Bertz CT molecular complexity index is 1170. The van der Waals surface area contributed by atoms with Crippen molar-refractivity contribution >= 4 is 11.8 Å². The Morgan fingerprint density at radius 3 is 2.14 bits per heavy atom. The fourth-order valence-electron chi connectivity index (χ4n) is 4.16. The lowest BCUT2D eigenvalue weighted by atomic mass is 9.86. The van der Waals surface area contributed by atoms with Gasteiger partial charge < -0.3 is 15.0 Å². The second-order valence-corrected chi connectivity index (χ2v) is 10.6. The maximum absolute atomic E-state index is 13.7. The third-order valence-corrected chi connectivity index (χ3v) is 6.01. The zero-order valence-electron chi connectivity index (χ0n) is 22.3. The summed E-state index contributed by atoms with van der Waals surface area (Å²) in [5.74, 6) is -0.296. The van der Waals surface area contributed by atoms with Crippen LogP contribution in [-0.2, 0) is 28.0 Å². The first kappa shape index (κ1) is 27.9. The highest BCUT2D eigenvalue weighted by Gasteiger charge is 2.31. The van der Waals surface area contributed by atoms with Crippen molar-refractivity contribution in [2.75, 3.05) is 6.61 Å². The van der Waals surface area contributed by atoms with Crippen LogP contribution in [-0.4, -0.2) is 35.4 Å². The molecular formula is C31H37FN2O3. The highest BCUT2D eigenvalue weighted by atomic mass is 19.1. The lowest BCUT2D eigenvalue weighted by molar-refractivity contribution is -0.143. The van der Waals surface area contributed by atoms with Crippen molar-refractivity contribution in [3.8, 4) is 5.75 Å². The van der Waals surface area contributed by atoms with Crippen LogP contribution in [0.15, 0.2) is 78.9 Å². The standard InChI is InChI=1S/C31H37FN2O3/c1-22(2)33-30(36)27(19-23-11-7-6-8-12-23)34(20-24-15-17-25(32)18-16-24)29(35)21-37-28-14-10-9-13-26(28)31(3,4)5/h6-18,22,27H,19-21H2,1-5H3,(H,33,36)/t27-/m0/s1. The van der Waals surface area contributed by atoms with Crippen LogP contribution in [0.5, 0.6) is 5.75 Å². The van der Waals surface area contributed by atoms with Crippen molar-refractivity contribution in [1.82, 2.24) is 10.2 Å². The van der Waals surface area contributed by atoms with E-state index in [0.29, 0.717) is 12.2 Å². The van der Waals surface area contributed by atoms with Crippen LogP contribution < -0.4 is 10.1 Å². The average molecular weight is 505 g/mol. The first-order chi connectivity index (χ1) is 17.5. The largest absolute Gasteiger partial charge is 0.483 e. The quantitative estimate of drug-likeness (QED) is 0.387. The molecule has 0 saturated carbocycles. The maximum Gasteiger partial charge on any atom is 0.261 e. The number of nitrogens with one attached hydrogen (secondary N) is 1. The zero-order valence-corrected chi connectivity index (χ0v) is 22.3. The second-order valence-electron chi connectivity index (χ2n) is 10.6. The number of amides is 2. The topological polar surface area (TPSA) is 58.6 Å². The fraction of sp³-hybridized carbons (Fsp3) is 0.355. The number of benzene rings is 3. The number of nitrogens with zero attached hydrogens (tertiary/aromatic N) is 1. The molecule has 37 heavy (non-hydrogen) atoms. The van der Waals surface area contributed by atoms with Crippen molar-refractivity contribution in [1.29, 1.82) is 0 Å². The molecule has 0 aliphatic carbocycles. The first-order valence-corrected chi connectivity index (χ1v) is 12.6. The van der Waals surface area contributed by atoms with Gasteiger partial charge in [-0.25, -0.2) is 4.39 Å². The highest BCUT2D eigenvalue weighted by Crippen LogP contribution is 2.31. The number of ether oxygens (including phenoxy) is 1. The molecule has 0 heterocycles. The molecule has 5 nitrogen and oxygen atoms in total. The van der Waals surface area contributed by atoms with E-state index in [-0.39, 0.29) is 42.2 Å². The molecule has 0 aliphatic rings. The van der Waals surface area contributed by atoms with Gasteiger partial charge in [0, 0.05) is 19.0 Å². The van der Waals surface area contributed by atoms with Crippen molar-refractivity contribution in [3.63, 3.8) is 0 Å². The maximum atomic E-state index is 13.7. The van der Waals surface area contributed by atoms with Gasteiger partial charge in [0.25, 0.3) is 5.91 Å². The van der Waals surface area contributed by atoms with Crippen LogP contribution in [0.3, 0.4) is 0 Å². The Morgan fingerprint density at radius 2 is 1.51 bits per heavy atom. The lowest BCUT2D eigenvalue weighted by Gasteiger charge is -2.32. The van der Waals surface area contributed by atoms with Crippen molar-refractivity contribution in [3.05, 3.63) is 101 Å². The molecule has 0 fully saturated rings. The number of halogens is 1. The molecule has 0 saturated heterocycles. The van der Waals surface area contributed by atoms with Gasteiger partial charge >= 0.3 is 0 Å². The number of hydrogen-bond acceptors (Lipinski definition) is 3. The summed E-state index contributed by atoms with van der Waals surface area (Å²) in [6, 6.07) is 22.4. The Kier molecular flexibility index (Phi) is 9.45. The van der Waals surface area contributed by atoms with Crippen LogP contribution >= 0.6 is 0 Å². The molecule has 196 valence electrons. The minimum atomic E-state index is -0.774. The van der Waals surface area contributed by atoms with Crippen LogP contribution in [0.4, 0.5) is 4.39 Å². The van der Waals surface area contributed by atoms with Crippen LogP contribution in [0.25, 0.3) is 0 Å². The van der Waals surface area contributed by atoms with E-state index < -0.39 is 6.04 Å². The zero-order chi connectivity index (χ0) is 27.0. The van der Waals surface area contributed by atoms with Crippen molar-refractivity contribution in [2.45, 2.75) is 65.1 Å². The molecular weight excluding hydrogens is 467 g/mol. The normalized spacial score (nSPS) is 12.2. The molecule has 0 aliphatic heterocycles. The van der Waals surface area contributed by atoms with Crippen molar-refractivity contribution in [2.24, 2.45) is 0 Å². The number of carbonyl (C=O) groups excluding carboxylic acids is 2. The number of hydrogen-bond donors (Lipinski definition) is 1. The Labute approximate surface area is 219 Å². The van der Waals surface area contributed by atoms with Gasteiger partial charge in [0.2, 0.25) is 5.91 Å². The van der Waals surface area contributed by atoms with E-state index in [1.807, 2.05) is 68.4 Å². The molecule has 0 unspecified atom stereocenters. The SMILES string of the molecule is CC(C)NC(=O)[C@H](Cc1ccccc1)N(Cc1ccc(F)cc1)C(=O)COc1ccccc1C(C)(C)C. The summed E-state index contributed by atoms with van der Waals surface area (Å²) < 4.78 is 19.6. The van der Waals surface area contributed by atoms with E-state index in [2.05, 4.69) is 26.1 Å². The average Bonchev–Trinajstić information content (AvgIpc) is 2.85. The number of para-hydroxylation sites is 1. The van der Waals surface area contributed by atoms with Gasteiger partial charge in [-0.2, -0.15) is 0 Å². The monoisotopic (exact) mass is 504 g/mol. The van der Waals surface area contributed by atoms with Gasteiger partial charge in [0.1, 0.15) is 17.6 Å². The van der Waals surface area contributed by atoms with Gasteiger partial charge in [-0.15, -0.1) is 0 Å². The lowest BCUT2D eigenvalue weighted by Crippen LogP contribution is -2.52. The van der Waals surface area contributed by atoms with E-state index in [0.717, 1.165) is 16.7 Å². The smallest absolute Gasteiger partial charge is 0.261 e. The van der Waals surface area contributed by atoms with Gasteiger partial charge in [0.05, 0.1) is 0 Å². The Balaban J connectivity index is 1.93. The summed E-state index contributed by atoms with van der Waals surface area (Å²) >= 11 is 0. The molecule has 1 atom stereocenters. The number of carbonyl (C=O) groups is 2. The summed E-state index contributed by atoms with van der Waals surface area (Å²) in [4.78, 5) is 28.7. The third kappa shape index (κ3) is 8.17. The van der Waals surface area contributed by atoms with Crippen molar-refractivity contribution < 1.29 is 18.7 Å². The molecule has 3 rings (SSSR count). The summed E-state index contributed by atoms with van der Waals surface area (Å²) in [5, 5.41) is 2.96. The van der Waals surface area contributed by atoms with E-state index in [1.165, 1.54) is 17.0 Å². The molecule has 3 aromatic rings. The Hall–Kier alpha value is -3.67. The molecule has 3 aromatic carbocycles. The van der Waals surface area contributed by atoms with Crippen LogP contribution in [0.1, 0.15) is 51.3 Å². The minimum absolute atomic E-state index is 0.0940. The summed E-state index contributed by atoms with van der Waals surface area (Å²) in [7, 11) is 0. The van der Waals surface area contributed by atoms with E-state index >= 15 is 0 Å². The van der Waals surface area contributed by atoms with Gasteiger partial charge in [-0.05, 0) is 54.2 Å². The van der Waals surface area contributed by atoms with Gasteiger partial charge in [0.15, 0.2) is 6.61 Å². The molecule has 6 heteroatoms. The van der Waals surface area contributed by atoms with Gasteiger partial charge in [-0.3, -0.25) is 9.59 Å². The summed E-state index contributed by atoms with van der Waals surface area (Å²) in [5.41, 5.74) is 2.48. The Morgan fingerprint density at radius 1 is 0.892 bits per heavy atom. The summed E-state index contributed by atoms with van der Waals surface area (Å²) in [6.07, 6.45) is 0.338. The third-order valence-electron chi connectivity index (χ3n) is 6.01. The van der Waals surface area contributed by atoms with E-state index in [1.54, 1.807) is 12.1 Å². The fourth-order valence-corrected chi connectivity index (χ4v) is 4.16. The van der Waals surface area contributed by atoms with Crippen LogP contribution in [0.2, 0.25) is 0 Å². The van der Waals surface area contributed by atoms with Crippen LogP contribution in [0, 0.1) is 5.82 Å². The molecule has 0 radical (unpaired) electrons. The molecule has 0 spiro atoms. The predicted octanol–water partition coefficient (Wildman–Crippen LogP) is 5.67. The highest BCUT2D eigenvalue weighted by molar-refractivity contribution is 5.88.